The zero-order chi connectivity index (χ0) is 17.7. The van der Waals surface area contributed by atoms with Gasteiger partial charge in [0.1, 0.15) is 5.75 Å². The fraction of sp³-hybridized carbons (Fsp3) is 0.176. The number of esters is 1. The van der Waals surface area contributed by atoms with E-state index in [1.54, 1.807) is 19.1 Å². The summed E-state index contributed by atoms with van der Waals surface area (Å²) in [5, 5.41) is 2.67. The highest BCUT2D eigenvalue weighted by molar-refractivity contribution is 6.05. The van der Waals surface area contributed by atoms with Gasteiger partial charge in [0.2, 0.25) is 0 Å². The van der Waals surface area contributed by atoms with E-state index in [1.165, 1.54) is 37.4 Å². The van der Waals surface area contributed by atoms with Crippen molar-refractivity contribution < 1.29 is 27.8 Å². The molecule has 1 N–H and O–H groups in total. The molecule has 0 spiro atoms. The molecule has 0 bridgehead atoms. The fourth-order valence-corrected chi connectivity index (χ4v) is 1.98. The zero-order valence-corrected chi connectivity index (χ0v) is 13.0. The highest BCUT2D eigenvalue weighted by Gasteiger charge is 2.12. The molecule has 0 saturated carbocycles. The molecule has 0 saturated heterocycles. The second-order valence-electron chi connectivity index (χ2n) is 4.88. The van der Waals surface area contributed by atoms with Crippen molar-refractivity contribution in [3.8, 4) is 5.75 Å². The monoisotopic (exact) mass is 335 g/mol. The molecule has 0 fully saturated rings. The summed E-state index contributed by atoms with van der Waals surface area (Å²) >= 11 is 0. The van der Waals surface area contributed by atoms with Crippen LogP contribution in [0.4, 0.5) is 14.5 Å². The molecule has 24 heavy (non-hydrogen) atoms. The van der Waals surface area contributed by atoms with Crippen LogP contribution in [-0.2, 0) is 4.74 Å². The number of aryl methyl sites for hydroxylation is 1. The fourth-order valence-electron chi connectivity index (χ4n) is 1.98. The Labute approximate surface area is 137 Å². The average Bonchev–Trinajstić information content (AvgIpc) is 2.56. The normalized spacial score (nSPS) is 10.4. The van der Waals surface area contributed by atoms with Crippen molar-refractivity contribution in [3.63, 3.8) is 0 Å². The first-order chi connectivity index (χ1) is 11.4. The summed E-state index contributed by atoms with van der Waals surface area (Å²) in [5.41, 5.74) is 1.78. The molecule has 126 valence electrons. The molecule has 2 aromatic rings. The largest absolute Gasteiger partial charge is 0.465 e. The van der Waals surface area contributed by atoms with E-state index in [1.807, 2.05) is 0 Å². The zero-order valence-electron chi connectivity index (χ0n) is 13.0. The Morgan fingerprint density at radius 2 is 1.67 bits per heavy atom. The number of amides is 1. The van der Waals surface area contributed by atoms with Crippen molar-refractivity contribution in [1.82, 2.24) is 0 Å². The van der Waals surface area contributed by atoms with Crippen molar-refractivity contribution in [2.24, 2.45) is 0 Å². The summed E-state index contributed by atoms with van der Waals surface area (Å²) < 4.78 is 33.1. The van der Waals surface area contributed by atoms with Gasteiger partial charge in [-0.05, 0) is 48.9 Å². The van der Waals surface area contributed by atoms with E-state index in [-0.39, 0.29) is 11.3 Å². The predicted octanol–water partition coefficient (Wildman–Crippen LogP) is 3.64. The smallest absolute Gasteiger partial charge is 0.387 e. The minimum Gasteiger partial charge on any atom is -0.465 e. The maximum absolute atomic E-state index is 12.2. The topological polar surface area (TPSA) is 64.6 Å². The third-order valence-corrected chi connectivity index (χ3v) is 3.25. The lowest BCUT2D eigenvalue weighted by molar-refractivity contribution is -0.0498. The number of hydrogen-bond donors (Lipinski definition) is 1. The molecule has 1 amide bonds. The van der Waals surface area contributed by atoms with Gasteiger partial charge in [-0.15, -0.1) is 0 Å². The molecule has 0 aliphatic carbocycles. The molecule has 0 aliphatic heterocycles. The van der Waals surface area contributed by atoms with Gasteiger partial charge in [-0.2, -0.15) is 8.78 Å². The Hall–Kier alpha value is -2.96. The molecule has 0 aliphatic rings. The van der Waals surface area contributed by atoms with Crippen molar-refractivity contribution in [2.75, 3.05) is 12.4 Å². The number of carbonyl (C=O) groups is 2. The third kappa shape index (κ3) is 4.28. The molecule has 0 unspecified atom stereocenters. The van der Waals surface area contributed by atoms with Gasteiger partial charge in [0.15, 0.2) is 0 Å². The number of alkyl halides is 2. The van der Waals surface area contributed by atoms with E-state index >= 15 is 0 Å². The Morgan fingerprint density at radius 1 is 1.04 bits per heavy atom. The van der Waals surface area contributed by atoms with Gasteiger partial charge in [-0.1, -0.05) is 6.07 Å². The molecule has 2 rings (SSSR count). The number of carbonyl (C=O) groups excluding carboxylic acids is 2. The van der Waals surface area contributed by atoms with Crippen molar-refractivity contribution in [1.29, 1.82) is 0 Å². The highest BCUT2D eigenvalue weighted by atomic mass is 19.3. The minimum atomic E-state index is -2.92. The quantitative estimate of drug-likeness (QED) is 0.848. The van der Waals surface area contributed by atoms with E-state index < -0.39 is 18.5 Å². The van der Waals surface area contributed by atoms with Crippen LogP contribution in [0.25, 0.3) is 0 Å². The van der Waals surface area contributed by atoms with Gasteiger partial charge in [-0.3, -0.25) is 4.79 Å². The van der Waals surface area contributed by atoms with Crippen LogP contribution in [0.3, 0.4) is 0 Å². The number of rotatable bonds is 5. The molecule has 0 heterocycles. The van der Waals surface area contributed by atoms with E-state index in [9.17, 15) is 18.4 Å². The summed E-state index contributed by atoms with van der Waals surface area (Å²) in [7, 11) is 1.27. The lowest BCUT2D eigenvalue weighted by Crippen LogP contribution is -2.13. The number of methoxy groups -OCH3 is 1. The van der Waals surface area contributed by atoms with Gasteiger partial charge in [0.05, 0.1) is 12.7 Å². The molecule has 0 atom stereocenters. The molecule has 2 aromatic carbocycles. The number of benzene rings is 2. The van der Waals surface area contributed by atoms with Gasteiger partial charge in [0, 0.05) is 11.3 Å². The SMILES string of the molecule is COC(=O)c1ccc(C)c(NC(=O)c2ccc(OC(F)F)cc2)c1. The van der Waals surface area contributed by atoms with E-state index in [4.69, 9.17) is 0 Å². The predicted molar refractivity (Wildman–Crippen MR) is 83.5 cm³/mol. The summed E-state index contributed by atoms with van der Waals surface area (Å²) in [6.07, 6.45) is 0. The Morgan fingerprint density at radius 3 is 2.25 bits per heavy atom. The average molecular weight is 335 g/mol. The second kappa shape index (κ2) is 7.54. The number of ether oxygens (including phenoxy) is 2. The third-order valence-electron chi connectivity index (χ3n) is 3.25. The first-order valence-corrected chi connectivity index (χ1v) is 6.96. The number of halogens is 2. The van der Waals surface area contributed by atoms with E-state index in [0.29, 0.717) is 11.3 Å². The lowest BCUT2D eigenvalue weighted by atomic mass is 10.1. The van der Waals surface area contributed by atoms with E-state index in [0.717, 1.165) is 5.56 Å². The van der Waals surface area contributed by atoms with Gasteiger partial charge in [-0.25, -0.2) is 4.79 Å². The number of hydrogen-bond acceptors (Lipinski definition) is 4. The molecular weight excluding hydrogens is 320 g/mol. The molecule has 7 heteroatoms. The van der Waals surface area contributed by atoms with Crippen LogP contribution in [0, 0.1) is 6.92 Å². The van der Waals surface area contributed by atoms with Gasteiger partial charge < -0.3 is 14.8 Å². The summed E-state index contributed by atoms with van der Waals surface area (Å²) in [6, 6.07) is 10.1. The maximum atomic E-state index is 12.2. The Bertz CT molecular complexity index is 745. The second-order valence-corrected chi connectivity index (χ2v) is 4.88. The Kier molecular flexibility index (Phi) is 5.47. The minimum absolute atomic E-state index is 0.0366. The van der Waals surface area contributed by atoms with Gasteiger partial charge in [0.25, 0.3) is 5.91 Å². The summed E-state index contributed by atoms with van der Waals surface area (Å²) in [4.78, 5) is 23.8. The van der Waals surface area contributed by atoms with Crippen LogP contribution < -0.4 is 10.1 Å². The first-order valence-electron chi connectivity index (χ1n) is 6.96. The first kappa shape index (κ1) is 17.4. The number of anilines is 1. The van der Waals surface area contributed by atoms with E-state index in [2.05, 4.69) is 14.8 Å². The Balaban J connectivity index is 2.15. The van der Waals surface area contributed by atoms with Crippen molar-refractivity contribution >= 4 is 17.6 Å². The van der Waals surface area contributed by atoms with Crippen LogP contribution in [0.2, 0.25) is 0 Å². The van der Waals surface area contributed by atoms with Crippen molar-refractivity contribution in [2.45, 2.75) is 13.5 Å². The van der Waals surface area contributed by atoms with Crippen molar-refractivity contribution in [3.05, 3.63) is 59.2 Å². The van der Waals surface area contributed by atoms with Crippen LogP contribution in [0.5, 0.6) is 5.75 Å². The standard InChI is InChI=1S/C17H15F2NO4/c1-10-3-4-12(16(22)23-2)9-14(10)20-15(21)11-5-7-13(8-6-11)24-17(18)19/h3-9,17H,1-2H3,(H,20,21). The summed E-state index contributed by atoms with van der Waals surface area (Å²) in [6.45, 7) is -1.15. The molecular formula is C17H15F2NO4. The van der Waals surface area contributed by atoms with Crippen LogP contribution in [0.15, 0.2) is 42.5 Å². The number of nitrogens with one attached hydrogen (secondary N) is 1. The lowest BCUT2D eigenvalue weighted by Gasteiger charge is -2.10. The highest BCUT2D eigenvalue weighted by Crippen LogP contribution is 2.20. The molecule has 0 aromatic heterocycles. The maximum Gasteiger partial charge on any atom is 0.387 e. The molecule has 0 radical (unpaired) electrons. The van der Waals surface area contributed by atoms with Crippen LogP contribution >= 0.6 is 0 Å². The van der Waals surface area contributed by atoms with Crippen LogP contribution in [0.1, 0.15) is 26.3 Å². The van der Waals surface area contributed by atoms with Gasteiger partial charge >= 0.3 is 12.6 Å². The summed E-state index contributed by atoms with van der Waals surface area (Å²) in [5.74, 6) is -0.992. The van der Waals surface area contributed by atoms with Crippen LogP contribution in [-0.4, -0.2) is 25.6 Å². The molecule has 5 nitrogen and oxygen atoms in total.